The number of hydrogen-bond acceptors (Lipinski definition) is 4. The SMILES string of the molecule is c1ccc(-c2cc3c(nc(-c4ccncc4)n3-c3ccncc3)c3c2sc2ccccc23)cc1. The van der Waals surface area contributed by atoms with E-state index in [9.17, 15) is 0 Å². The van der Waals surface area contributed by atoms with Crippen LogP contribution < -0.4 is 0 Å². The molecular weight excluding hydrogens is 436 g/mol. The van der Waals surface area contributed by atoms with Crippen LogP contribution >= 0.6 is 11.3 Å². The lowest BCUT2D eigenvalue weighted by Gasteiger charge is -2.11. The Balaban J connectivity index is 1.71. The molecule has 7 rings (SSSR count). The predicted octanol–water partition coefficient (Wildman–Crippen LogP) is 7.52. The van der Waals surface area contributed by atoms with Gasteiger partial charge in [0.15, 0.2) is 0 Å². The smallest absolute Gasteiger partial charge is 0.145 e. The van der Waals surface area contributed by atoms with Crippen molar-refractivity contribution in [1.82, 2.24) is 19.5 Å². The molecule has 0 amide bonds. The number of imidazole rings is 1. The van der Waals surface area contributed by atoms with E-state index >= 15 is 0 Å². The summed E-state index contributed by atoms with van der Waals surface area (Å²) in [4.78, 5) is 13.7. The van der Waals surface area contributed by atoms with Gasteiger partial charge in [0.2, 0.25) is 0 Å². The van der Waals surface area contributed by atoms with Crippen LogP contribution in [0.25, 0.3) is 59.4 Å². The summed E-state index contributed by atoms with van der Waals surface area (Å²) in [5, 5.41) is 2.45. The second-order valence-electron chi connectivity index (χ2n) is 8.17. The Morgan fingerprint density at radius 2 is 1.38 bits per heavy atom. The van der Waals surface area contributed by atoms with E-state index in [1.54, 1.807) is 0 Å². The maximum absolute atomic E-state index is 5.27. The molecule has 34 heavy (non-hydrogen) atoms. The molecule has 160 valence electrons. The van der Waals surface area contributed by atoms with Gasteiger partial charge in [0.05, 0.1) is 16.7 Å². The Morgan fingerprint density at radius 1 is 0.676 bits per heavy atom. The standard InChI is InChI=1S/C29H18N4S/c1-2-6-19(7-3-1)23-18-24-27(26-22-8-4-5-9-25(22)34-28(23)26)32-29(20-10-14-30-15-11-20)33(24)21-12-16-31-17-13-21/h1-18H. The maximum Gasteiger partial charge on any atom is 0.145 e. The van der Waals surface area contributed by atoms with Gasteiger partial charge in [0.1, 0.15) is 5.82 Å². The van der Waals surface area contributed by atoms with Crippen LogP contribution in [0.5, 0.6) is 0 Å². The van der Waals surface area contributed by atoms with Crippen LogP contribution in [0.15, 0.2) is 110 Å². The first-order valence-electron chi connectivity index (χ1n) is 11.1. The van der Waals surface area contributed by atoms with Crippen LogP contribution in [0.4, 0.5) is 0 Å². The van der Waals surface area contributed by atoms with Crippen molar-refractivity contribution >= 4 is 42.5 Å². The van der Waals surface area contributed by atoms with E-state index in [0.29, 0.717) is 0 Å². The molecule has 0 saturated heterocycles. The summed E-state index contributed by atoms with van der Waals surface area (Å²) in [6.07, 6.45) is 7.29. The zero-order chi connectivity index (χ0) is 22.5. The molecule has 4 nitrogen and oxygen atoms in total. The highest BCUT2D eigenvalue weighted by Gasteiger charge is 2.21. The first-order chi connectivity index (χ1) is 16.9. The molecule has 0 aliphatic heterocycles. The number of hydrogen-bond donors (Lipinski definition) is 0. The van der Waals surface area contributed by atoms with Crippen molar-refractivity contribution in [2.24, 2.45) is 0 Å². The summed E-state index contributed by atoms with van der Waals surface area (Å²) in [5.74, 6) is 0.894. The van der Waals surface area contributed by atoms with Crippen molar-refractivity contribution in [2.45, 2.75) is 0 Å². The molecule has 0 N–H and O–H groups in total. The third kappa shape index (κ3) is 2.87. The van der Waals surface area contributed by atoms with E-state index in [-0.39, 0.29) is 0 Å². The van der Waals surface area contributed by atoms with Gasteiger partial charge in [-0.3, -0.25) is 14.5 Å². The van der Waals surface area contributed by atoms with Crippen LogP contribution in [0.1, 0.15) is 0 Å². The number of rotatable bonds is 3. The molecule has 0 radical (unpaired) electrons. The molecule has 0 aliphatic carbocycles. The van der Waals surface area contributed by atoms with E-state index < -0.39 is 0 Å². The molecule has 0 bridgehead atoms. The Morgan fingerprint density at radius 3 is 2.18 bits per heavy atom. The summed E-state index contributed by atoms with van der Waals surface area (Å²) in [6, 6.07) is 29.6. The third-order valence-electron chi connectivity index (χ3n) is 6.22. The summed E-state index contributed by atoms with van der Waals surface area (Å²) in [5.41, 5.74) is 6.57. The first kappa shape index (κ1) is 19.1. The molecule has 0 spiro atoms. The van der Waals surface area contributed by atoms with Crippen LogP contribution in [-0.4, -0.2) is 19.5 Å². The Hall–Kier alpha value is -4.35. The van der Waals surface area contributed by atoms with E-state index in [4.69, 9.17) is 4.98 Å². The monoisotopic (exact) mass is 454 g/mol. The van der Waals surface area contributed by atoms with E-state index in [0.717, 1.165) is 28.1 Å². The minimum Gasteiger partial charge on any atom is -0.292 e. The minimum absolute atomic E-state index is 0.894. The average Bonchev–Trinajstić information content (AvgIpc) is 3.48. The van der Waals surface area contributed by atoms with Crippen molar-refractivity contribution < 1.29 is 0 Å². The van der Waals surface area contributed by atoms with Gasteiger partial charge in [0.25, 0.3) is 0 Å². The lowest BCUT2D eigenvalue weighted by molar-refractivity contribution is 1.09. The first-order valence-corrected chi connectivity index (χ1v) is 11.9. The second kappa shape index (κ2) is 7.61. The fraction of sp³-hybridized carbons (Fsp3) is 0. The highest BCUT2D eigenvalue weighted by atomic mass is 32.1. The maximum atomic E-state index is 5.27. The number of aromatic nitrogens is 4. The molecule has 4 heterocycles. The highest BCUT2D eigenvalue weighted by Crippen LogP contribution is 2.45. The van der Waals surface area contributed by atoms with Gasteiger partial charge in [-0.05, 0) is 42.0 Å². The number of thiophene rings is 1. The van der Waals surface area contributed by atoms with Crippen molar-refractivity contribution in [3.05, 3.63) is 110 Å². The van der Waals surface area contributed by atoms with E-state index in [2.05, 4.69) is 75.2 Å². The van der Waals surface area contributed by atoms with Crippen LogP contribution in [-0.2, 0) is 0 Å². The molecule has 0 unspecified atom stereocenters. The largest absolute Gasteiger partial charge is 0.292 e. The number of pyridine rings is 2. The van der Waals surface area contributed by atoms with Gasteiger partial charge in [-0.1, -0.05) is 48.5 Å². The van der Waals surface area contributed by atoms with Crippen molar-refractivity contribution in [3.8, 4) is 28.2 Å². The molecule has 0 atom stereocenters. The van der Waals surface area contributed by atoms with Gasteiger partial charge in [0, 0.05) is 56.1 Å². The number of nitrogens with zero attached hydrogens (tertiary/aromatic N) is 4. The lowest BCUT2D eigenvalue weighted by Crippen LogP contribution is -1.98. The van der Waals surface area contributed by atoms with Crippen LogP contribution in [0, 0.1) is 0 Å². The third-order valence-corrected chi connectivity index (χ3v) is 7.42. The van der Waals surface area contributed by atoms with E-state index in [1.165, 1.54) is 31.3 Å². The molecule has 3 aromatic carbocycles. The normalized spacial score (nSPS) is 11.5. The van der Waals surface area contributed by atoms with Crippen molar-refractivity contribution in [2.75, 3.05) is 0 Å². The molecule has 4 aromatic heterocycles. The number of benzene rings is 3. The average molecular weight is 455 g/mol. The summed E-state index contributed by atoms with van der Waals surface area (Å²) < 4.78 is 4.77. The fourth-order valence-corrected chi connectivity index (χ4v) is 5.95. The topological polar surface area (TPSA) is 43.6 Å². The lowest BCUT2D eigenvalue weighted by atomic mass is 10.0. The molecule has 0 aliphatic rings. The highest BCUT2D eigenvalue weighted by molar-refractivity contribution is 7.26. The quantitative estimate of drug-likeness (QED) is 0.277. The Labute approximate surface area is 199 Å². The molecule has 7 aromatic rings. The van der Waals surface area contributed by atoms with E-state index in [1.807, 2.05) is 60.4 Å². The molecule has 5 heteroatoms. The second-order valence-corrected chi connectivity index (χ2v) is 9.22. The Kier molecular flexibility index (Phi) is 4.29. The van der Waals surface area contributed by atoms with Crippen molar-refractivity contribution in [1.29, 1.82) is 0 Å². The fourth-order valence-electron chi connectivity index (χ4n) is 4.70. The van der Waals surface area contributed by atoms with Gasteiger partial charge >= 0.3 is 0 Å². The Bertz CT molecular complexity index is 1790. The van der Waals surface area contributed by atoms with Gasteiger partial charge in [-0.25, -0.2) is 4.98 Å². The van der Waals surface area contributed by atoms with Crippen LogP contribution in [0.3, 0.4) is 0 Å². The van der Waals surface area contributed by atoms with Gasteiger partial charge in [-0.15, -0.1) is 11.3 Å². The van der Waals surface area contributed by atoms with Gasteiger partial charge < -0.3 is 0 Å². The zero-order valence-electron chi connectivity index (χ0n) is 18.1. The van der Waals surface area contributed by atoms with Crippen molar-refractivity contribution in [3.63, 3.8) is 0 Å². The molecular formula is C29H18N4S. The molecule has 0 fully saturated rings. The zero-order valence-corrected chi connectivity index (χ0v) is 18.9. The van der Waals surface area contributed by atoms with Gasteiger partial charge in [-0.2, -0.15) is 0 Å². The molecule has 0 saturated carbocycles. The number of fused-ring (bicyclic) bond motifs is 5. The summed E-state index contributed by atoms with van der Waals surface area (Å²) >= 11 is 1.84. The predicted molar refractivity (Wildman–Crippen MR) is 140 cm³/mol. The minimum atomic E-state index is 0.894. The van der Waals surface area contributed by atoms with Crippen LogP contribution in [0.2, 0.25) is 0 Å². The summed E-state index contributed by atoms with van der Waals surface area (Å²) in [7, 11) is 0. The summed E-state index contributed by atoms with van der Waals surface area (Å²) in [6.45, 7) is 0.